The van der Waals surface area contributed by atoms with Crippen LogP contribution in [0.15, 0.2) is 18.2 Å². The summed E-state index contributed by atoms with van der Waals surface area (Å²) in [6, 6.07) is 3.89. The van der Waals surface area contributed by atoms with Gasteiger partial charge in [-0.25, -0.2) is 4.39 Å². The van der Waals surface area contributed by atoms with Crippen LogP contribution in [-0.4, -0.2) is 29.3 Å². The number of halogens is 2. The Morgan fingerprint density at radius 3 is 2.81 bits per heavy atom. The maximum Gasteiger partial charge on any atom is 0.246 e. The van der Waals surface area contributed by atoms with Gasteiger partial charge >= 0.3 is 0 Å². The number of carbonyl (C=O) groups is 2. The van der Waals surface area contributed by atoms with Crippen LogP contribution in [0.3, 0.4) is 0 Å². The zero-order valence-electron chi connectivity index (χ0n) is 12.0. The van der Waals surface area contributed by atoms with Crippen molar-refractivity contribution in [3.63, 3.8) is 0 Å². The van der Waals surface area contributed by atoms with E-state index in [1.807, 2.05) is 13.8 Å². The Balaban J connectivity index is 2.16. The molecule has 2 atom stereocenters. The fourth-order valence-corrected chi connectivity index (χ4v) is 2.46. The molecule has 1 N–H and O–H groups in total. The minimum Gasteiger partial charge on any atom is -0.342 e. The molecule has 0 aromatic heterocycles. The Bertz CT molecular complexity index is 565. The molecule has 0 aliphatic carbocycles. The Morgan fingerprint density at radius 2 is 2.19 bits per heavy atom. The molecule has 2 rings (SSSR count). The number of carbonyl (C=O) groups excluding carboxylic acids is 2. The first kappa shape index (κ1) is 15.8. The van der Waals surface area contributed by atoms with Crippen molar-refractivity contribution in [2.45, 2.75) is 32.9 Å². The molecule has 1 heterocycles. The molecular formula is C15H18ClFN2O2. The van der Waals surface area contributed by atoms with Gasteiger partial charge in [0.15, 0.2) is 0 Å². The smallest absolute Gasteiger partial charge is 0.246 e. The third-order valence-electron chi connectivity index (χ3n) is 3.80. The Morgan fingerprint density at radius 1 is 1.48 bits per heavy atom. The maximum atomic E-state index is 13.5. The number of amides is 2. The summed E-state index contributed by atoms with van der Waals surface area (Å²) in [5, 5.41) is 2.77. The van der Waals surface area contributed by atoms with E-state index in [-0.39, 0.29) is 35.8 Å². The first-order chi connectivity index (χ1) is 9.92. The number of benzene rings is 1. The highest BCUT2D eigenvalue weighted by molar-refractivity contribution is 6.30. The molecular weight excluding hydrogens is 295 g/mol. The molecule has 0 spiro atoms. The number of hydrogen-bond acceptors (Lipinski definition) is 2. The van der Waals surface area contributed by atoms with Crippen LogP contribution >= 0.6 is 11.6 Å². The van der Waals surface area contributed by atoms with Crippen molar-refractivity contribution in [2.24, 2.45) is 5.92 Å². The molecule has 1 saturated heterocycles. The van der Waals surface area contributed by atoms with Gasteiger partial charge in [0.2, 0.25) is 11.8 Å². The molecule has 0 saturated carbocycles. The van der Waals surface area contributed by atoms with Gasteiger partial charge in [-0.15, -0.1) is 0 Å². The van der Waals surface area contributed by atoms with Crippen LogP contribution in [0, 0.1) is 11.7 Å². The molecule has 1 aromatic carbocycles. The molecule has 1 fully saturated rings. The molecule has 1 aliphatic rings. The Hall–Kier alpha value is -1.62. The zero-order valence-corrected chi connectivity index (χ0v) is 12.8. The van der Waals surface area contributed by atoms with Gasteiger partial charge in [-0.1, -0.05) is 37.9 Å². The SMILES string of the molecule is CCC(C)C1NC(=O)CN(Cc2ccc(Cl)c(F)c2)C1=O. The Labute approximate surface area is 128 Å². The van der Waals surface area contributed by atoms with Gasteiger partial charge in [0, 0.05) is 6.54 Å². The minimum absolute atomic E-state index is 0.00396. The van der Waals surface area contributed by atoms with Crippen LogP contribution in [0.5, 0.6) is 0 Å². The van der Waals surface area contributed by atoms with E-state index in [0.717, 1.165) is 6.42 Å². The van der Waals surface area contributed by atoms with E-state index in [0.29, 0.717) is 5.56 Å². The molecule has 6 heteroatoms. The molecule has 21 heavy (non-hydrogen) atoms. The third kappa shape index (κ3) is 3.53. The molecule has 1 aromatic rings. The van der Waals surface area contributed by atoms with Gasteiger partial charge in [-0.2, -0.15) is 0 Å². The summed E-state index contributed by atoms with van der Waals surface area (Å²) < 4.78 is 13.5. The van der Waals surface area contributed by atoms with E-state index in [9.17, 15) is 14.0 Å². The lowest BCUT2D eigenvalue weighted by Gasteiger charge is -2.35. The summed E-state index contributed by atoms with van der Waals surface area (Å²) in [5.74, 6) is -0.776. The average Bonchev–Trinajstić information content (AvgIpc) is 2.45. The van der Waals surface area contributed by atoms with Gasteiger partial charge in [-0.3, -0.25) is 9.59 Å². The predicted octanol–water partition coefficient (Wildman–Crippen LogP) is 2.35. The highest BCUT2D eigenvalue weighted by Crippen LogP contribution is 2.19. The van der Waals surface area contributed by atoms with E-state index in [2.05, 4.69) is 5.32 Å². The largest absolute Gasteiger partial charge is 0.342 e. The summed E-state index contributed by atoms with van der Waals surface area (Å²) in [6.45, 7) is 4.09. The molecule has 4 nitrogen and oxygen atoms in total. The number of nitrogens with zero attached hydrogens (tertiary/aromatic N) is 1. The van der Waals surface area contributed by atoms with Crippen LogP contribution in [0.25, 0.3) is 0 Å². The Kier molecular flexibility index (Phi) is 4.83. The van der Waals surface area contributed by atoms with E-state index in [1.54, 1.807) is 6.07 Å². The van der Waals surface area contributed by atoms with E-state index >= 15 is 0 Å². The van der Waals surface area contributed by atoms with Crippen LogP contribution in [0.2, 0.25) is 5.02 Å². The second-order valence-corrected chi connectivity index (χ2v) is 5.78. The fourth-order valence-electron chi connectivity index (χ4n) is 2.34. The second-order valence-electron chi connectivity index (χ2n) is 5.37. The molecule has 2 amide bonds. The molecule has 2 unspecified atom stereocenters. The van der Waals surface area contributed by atoms with Crippen molar-refractivity contribution >= 4 is 23.4 Å². The van der Waals surface area contributed by atoms with Crippen molar-refractivity contribution in [1.29, 1.82) is 0 Å². The molecule has 0 bridgehead atoms. The number of nitrogens with one attached hydrogen (secondary N) is 1. The van der Waals surface area contributed by atoms with Crippen LogP contribution in [-0.2, 0) is 16.1 Å². The predicted molar refractivity (Wildman–Crippen MR) is 78.2 cm³/mol. The second kappa shape index (κ2) is 6.43. The third-order valence-corrected chi connectivity index (χ3v) is 4.11. The van der Waals surface area contributed by atoms with Crippen molar-refractivity contribution in [3.8, 4) is 0 Å². The lowest BCUT2D eigenvalue weighted by molar-refractivity contribution is -0.146. The van der Waals surface area contributed by atoms with Crippen molar-refractivity contribution in [1.82, 2.24) is 10.2 Å². The first-order valence-electron chi connectivity index (χ1n) is 6.94. The zero-order chi connectivity index (χ0) is 15.6. The van der Waals surface area contributed by atoms with E-state index in [4.69, 9.17) is 11.6 Å². The van der Waals surface area contributed by atoms with Crippen molar-refractivity contribution < 1.29 is 14.0 Å². The van der Waals surface area contributed by atoms with Crippen molar-refractivity contribution in [3.05, 3.63) is 34.6 Å². The van der Waals surface area contributed by atoms with E-state index in [1.165, 1.54) is 17.0 Å². The standard InChI is InChI=1S/C15H18ClFN2O2/c1-3-9(2)14-15(21)19(8-13(20)18-14)7-10-4-5-11(16)12(17)6-10/h4-6,9,14H,3,7-8H2,1-2H3,(H,18,20). The van der Waals surface area contributed by atoms with Crippen LogP contribution < -0.4 is 5.32 Å². The van der Waals surface area contributed by atoms with Gasteiger partial charge in [-0.05, 0) is 23.6 Å². The fraction of sp³-hybridized carbons (Fsp3) is 0.467. The van der Waals surface area contributed by atoms with Crippen LogP contribution in [0.4, 0.5) is 4.39 Å². The minimum atomic E-state index is -0.526. The number of hydrogen-bond donors (Lipinski definition) is 1. The summed E-state index contributed by atoms with van der Waals surface area (Å²) in [7, 11) is 0. The quantitative estimate of drug-likeness (QED) is 0.928. The molecule has 114 valence electrons. The normalized spacial score (nSPS) is 20.4. The number of piperazine rings is 1. The highest BCUT2D eigenvalue weighted by Gasteiger charge is 2.35. The average molecular weight is 313 g/mol. The van der Waals surface area contributed by atoms with Crippen LogP contribution in [0.1, 0.15) is 25.8 Å². The molecule has 0 radical (unpaired) electrons. The van der Waals surface area contributed by atoms with Crippen molar-refractivity contribution in [2.75, 3.05) is 6.54 Å². The summed E-state index contributed by atoms with van der Waals surface area (Å²) in [5.41, 5.74) is 0.614. The topological polar surface area (TPSA) is 49.4 Å². The van der Waals surface area contributed by atoms with Gasteiger partial charge in [0.05, 0.1) is 11.6 Å². The summed E-state index contributed by atoms with van der Waals surface area (Å²) in [6.07, 6.45) is 0.792. The summed E-state index contributed by atoms with van der Waals surface area (Å²) >= 11 is 5.64. The van der Waals surface area contributed by atoms with Gasteiger partial charge < -0.3 is 10.2 Å². The lowest BCUT2D eigenvalue weighted by Crippen LogP contribution is -2.59. The highest BCUT2D eigenvalue weighted by atomic mass is 35.5. The lowest BCUT2D eigenvalue weighted by atomic mass is 9.96. The molecule has 1 aliphatic heterocycles. The van der Waals surface area contributed by atoms with Gasteiger partial charge in [0.25, 0.3) is 0 Å². The first-order valence-corrected chi connectivity index (χ1v) is 7.32. The summed E-state index contributed by atoms with van der Waals surface area (Å²) in [4.78, 5) is 25.6. The monoisotopic (exact) mass is 312 g/mol. The maximum absolute atomic E-state index is 13.5. The van der Waals surface area contributed by atoms with E-state index < -0.39 is 11.9 Å². The van der Waals surface area contributed by atoms with Gasteiger partial charge in [0.1, 0.15) is 11.9 Å². The number of rotatable bonds is 4.